The normalized spacial score (nSPS) is 26.8. The van der Waals surface area contributed by atoms with Gasteiger partial charge in [-0.2, -0.15) is 0 Å². The molecule has 3 nitrogen and oxygen atoms in total. The van der Waals surface area contributed by atoms with Gasteiger partial charge in [-0.3, -0.25) is 0 Å². The number of hydrogen-bond donors (Lipinski definition) is 1. The van der Waals surface area contributed by atoms with Gasteiger partial charge in [0.2, 0.25) is 0 Å². The van der Waals surface area contributed by atoms with Crippen molar-refractivity contribution in [3.05, 3.63) is 0 Å². The Morgan fingerprint density at radius 1 is 1.22 bits per heavy atom. The molecule has 1 N–H and O–H groups in total. The molecule has 2 rings (SSSR count). The molecule has 18 heavy (non-hydrogen) atoms. The molecular formula is C15H30N2O. The minimum absolute atomic E-state index is 0.568. The van der Waals surface area contributed by atoms with Crippen molar-refractivity contribution in [2.45, 2.75) is 64.0 Å². The Kier molecular flexibility index (Phi) is 6.46. The van der Waals surface area contributed by atoms with Crippen LogP contribution in [0, 0.1) is 0 Å². The van der Waals surface area contributed by atoms with Crippen molar-refractivity contribution >= 4 is 0 Å². The topological polar surface area (TPSA) is 24.5 Å². The maximum atomic E-state index is 5.65. The Labute approximate surface area is 112 Å². The number of nitrogens with zero attached hydrogens (tertiary/aromatic N) is 1. The van der Waals surface area contributed by atoms with Crippen LogP contribution in [-0.2, 0) is 4.74 Å². The van der Waals surface area contributed by atoms with Crippen LogP contribution >= 0.6 is 0 Å². The highest BCUT2D eigenvalue weighted by atomic mass is 16.5. The maximum Gasteiger partial charge on any atom is 0.0576 e. The molecule has 1 unspecified atom stereocenters. The van der Waals surface area contributed by atoms with E-state index in [0.29, 0.717) is 6.10 Å². The zero-order valence-electron chi connectivity index (χ0n) is 12.0. The summed E-state index contributed by atoms with van der Waals surface area (Å²) in [5.41, 5.74) is 0. The quantitative estimate of drug-likeness (QED) is 0.706. The van der Waals surface area contributed by atoms with Crippen molar-refractivity contribution in [1.29, 1.82) is 0 Å². The molecule has 0 aromatic carbocycles. The lowest BCUT2D eigenvalue weighted by Crippen LogP contribution is -2.43. The molecule has 3 heteroatoms. The molecule has 0 saturated carbocycles. The summed E-state index contributed by atoms with van der Waals surface area (Å²) in [6, 6.07) is 0.766. The molecule has 2 saturated heterocycles. The summed E-state index contributed by atoms with van der Waals surface area (Å²) >= 11 is 0. The lowest BCUT2D eigenvalue weighted by molar-refractivity contribution is 0.102. The Balaban J connectivity index is 1.47. The molecule has 106 valence electrons. The van der Waals surface area contributed by atoms with Gasteiger partial charge in [0, 0.05) is 12.6 Å². The number of hydrogen-bond acceptors (Lipinski definition) is 3. The number of rotatable bonds is 7. The van der Waals surface area contributed by atoms with Gasteiger partial charge >= 0.3 is 0 Å². The van der Waals surface area contributed by atoms with Crippen LogP contribution in [0.15, 0.2) is 0 Å². The van der Waals surface area contributed by atoms with E-state index in [-0.39, 0.29) is 0 Å². The van der Waals surface area contributed by atoms with E-state index < -0.39 is 0 Å². The zero-order chi connectivity index (χ0) is 12.6. The average molecular weight is 254 g/mol. The predicted molar refractivity (Wildman–Crippen MR) is 76.0 cm³/mol. The third kappa shape index (κ3) is 4.87. The first-order valence-electron chi connectivity index (χ1n) is 7.96. The standard InChI is InChI=1S/C15H30N2O/c1-2-10-17-11-7-14(8-12-17)16-9-3-5-15-6-4-13-18-15/h14-16H,2-13H2,1H3. The molecule has 0 amide bonds. The van der Waals surface area contributed by atoms with Crippen molar-refractivity contribution in [1.82, 2.24) is 10.2 Å². The van der Waals surface area contributed by atoms with Crippen LogP contribution in [0.25, 0.3) is 0 Å². The minimum Gasteiger partial charge on any atom is -0.378 e. The lowest BCUT2D eigenvalue weighted by Gasteiger charge is -2.32. The van der Waals surface area contributed by atoms with Crippen LogP contribution < -0.4 is 5.32 Å². The van der Waals surface area contributed by atoms with Crippen LogP contribution in [0.1, 0.15) is 51.9 Å². The second-order valence-corrected chi connectivity index (χ2v) is 5.85. The Hall–Kier alpha value is -0.120. The molecule has 2 aliphatic heterocycles. The molecule has 0 radical (unpaired) electrons. The van der Waals surface area contributed by atoms with E-state index in [0.717, 1.165) is 12.6 Å². The summed E-state index contributed by atoms with van der Waals surface area (Å²) in [6.45, 7) is 8.31. The monoisotopic (exact) mass is 254 g/mol. The Bertz CT molecular complexity index is 209. The zero-order valence-corrected chi connectivity index (χ0v) is 12.0. The third-order valence-electron chi connectivity index (χ3n) is 4.29. The second kappa shape index (κ2) is 8.13. The summed E-state index contributed by atoms with van der Waals surface area (Å²) in [6.07, 6.45) is 9.61. The molecule has 0 spiro atoms. The van der Waals surface area contributed by atoms with Gasteiger partial charge in [0.1, 0.15) is 0 Å². The Morgan fingerprint density at radius 2 is 2.06 bits per heavy atom. The average Bonchev–Trinajstić information content (AvgIpc) is 2.90. The SMILES string of the molecule is CCCN1CCC(NCCCC2CCCO2)CC1. The van der Waals surface area contributed by atoms with Gasteiger partial charge in [-0.1, -0.05) is 6.92 Å². The molecular weight excluding hydrogens is 224 g/mol. The molecule has 2 fully saturated rings. The smallest absolute Gasteiger partial charge is 0.0576 e. The second-order valence-electron chi connectivity index (χ2n) is 5.85. The van der Waals surface area contributed by atoms with Gasteiger partial charge < -0.3 is 15.0 Å². The molecule has 2 aliphatic rings. The van der Waals surface area contributed by atoms with Crippen LogP contribution in [0.3, 0.4) is 0 Å². The summed E-state index contributed by atoms with van der Waals surface area (Å²) in [5, 5.41) is 3.73. The van der Waals surface area contributed by atoms with Crippen LogP contribution in [0.2, 0.25) is 0 Å². The molecule has 0 aromatic heterocycles. The number of ether oxygens (including phenoxy) is 1. The fourth-order valence-electron chi connectivity index (χ4n) is 3.18. The Morgan fingerprint density at radius 3 is 2.72 bits per heavy atom. The van der Waals surface area contributed by atoms with Crippen molar-refractivity contribution in [2.24, 2.45) is 0 Å². The van der Waals surface area contributed by atoms with Gasteiger partial charge in [0.25, 0.3) is 0 Å². The first-order valence-corrected chi connectivity index (χ1v) is 7.96. The van der Waals surface area contributed by atoms with Gasteiger partial charge in [-0.05, 0) is 71.1 Å². The van der Waals surface area contributed by atoms with E-state index >= 15 is 0 Å². The predicted octanol–water partition coefficient (Wildman–Crippen LogP) is 2.41. The fraction of sp³-hybridized carbons (Fsp3) is 1.00. The van der Waals surface area contributed by atoms with E-state index in [1.807, 2.05) is 0 Å². The van der Waals surface area contributed by atoms with Gasteiger partial charge in [0.15, 0.2) is 0 Å². The van der Waals surface area contributed by atoms with Crippen molar-refractivity contribution < 1.29 is 4.74 Å². The van der Waals surface area contributed by atoms with Crippen molar-refractivity contribution in [2.75, 3.05) is 32.8 Å². The highest BCUT2D eigenvalue weighted by Crippen LogP contribution is 2.16. The summed E-state index contributed by atoms with van der Waals surface area (Å²) < 4.78 is 5.65. The first kappa shape index (κ1) is 14.3. The van der Waals surface area contributed by atoms with Crippen LogP contribution in [0.5, 0.6) is 0 Å². The van der Waals surface area contributed by atoms with E-state index in [1.54, 1.807) is 0 Å². The summed E-state index contributed by atoms with van der Waals surface area (Å²) in [4.78, 5) is 2.60. The van der Waals surface area contributed by atoms with Crippen LogP contribution in [0.4, 0.5) is 0 Å². The highest BCUT2D eigenvalue weighted by molar-refractivity contribution is 4.77. The lowest BCUT2D eigenvalue weighted by atomic mass is 10.0. The first-order chi connectivity index (χ1) is 8.88. The summed E-state index contributed by atoms with van der Waals surface area (Å²) in [5.74, 6) is 0. The van der Waals surface area contributed by atoms with Gasteiger partial charge in [0.05, 0.1) is 6.10 Å². The van der Waals surface area contributed by atoms with Gasteiger partial charge in [-0.25, -0.2) is 0 Å². The summed E-state index contributed by atoms with van der Waals surface area (Å²) in [7, 11) is 0. The fourth-order valence-corrected chi connectivity index (χ4v) is 3.18. The number of nitrogens with one attached hydrogen (secondary N) is 1. The third-order valence-corrected chi connectivity index (χ3v) is 4.29. The number of likely N-dealkylation sites (tertiary alicyclic amines) is 1. The van der Waals surface area contributed by atoms with E-state index in [9.17, 15) is 0 Å². The molecule has 0 aromatic rings. The van der Waals surface area contributed by atoms with E-state index in [1.165, 1.54) is 71.1 Å². The van der Waals surface area contributed by atoms with E-state index in [4.69, 9.17) is 4.74 Å². The van der Waals surface area contributed by atoms with Crippen molar-refractivity contribution in [3.63, 3.8) is 0 Å². The number of piperidine rings is 1. The van der Waals surface area contributed by atoms with E-state index in [2.05, 4.69) is 17.1 Å². The van der Waals surface area contributed by atoms with Crippen LogP contribution in [-0.4, -0.2) is 49.8 Å². The minimum atomic E-state index is 0.568. The van der Waals surface area contributed by atoms with Crippen molar-refractivity contribution in [3.8, 4) is 0 Å². The molecule has 1 atom stereocenters. The maximum absolute atomic E-state index is 5.65. The highest BCUT2D eigenvalue weighted by Gasteiger charge is 2.18. The van der Waals surface area contributed by atoms with Gasteiger partial charge in [-0.15, -0.1) is 0 Å². The molecule has 0 bridgehead atoms. The molecule has 2 heterocycles. The molecule has 0 aliphatic carbocycles. The largest absolute Gasteiger partial charge is 0.378 e.